The Hall–Kier alpha value is -1.64. The number of hydrogen-bond acceptors (Lipinski definition) is 2. The Morgan fingerprint density at radius 2 is 0.889 bits per heavy atom. The number of benzene rings is 2. The molecule has 14 unspecified atom stereocenters. The summed E-state index contributed by atoms with van der Waals surface area (Å²) in [5.41, 5.74) is 3.46. The van der Waals surface area contributed by atoms with Crippen molar-refractivity contribution in [3.63, 3.8) is 0 Å². The first-order valence-corrected chi connectivity index (χ1v) is 18.5. The van der Waals surface area contributed by atoms with Crippen molar-refractivity contribution in [2.24, 2.45) is 70.0 Å². The molecule has 45 heavy (non-hydrogen) atoms. The SMILES string of the molecule is COC1C(c2ccccc2)C2CC(C)C(CC3C(C)CC4C3CC(C(C)(C)C)C(OC)C4c3ccccc3)C2CC1C(C)(C)C. The molecule has 248 valence electrons. The van der Waals surface area contributed by atoms with Crippen LogP contribution in [-0.2, 0) is 9.47 Å². The highest BCUT2D eigenvalue weighted by Crippen LogP contribution is 2.64. The molecule has 0 amide bonds. The molecule has 4 saturated carbocycles. The molecule has 0 radical (unpaired) electrons. The predicted molar refractivity (Wildman–Crippen MR) is 188 cm³/mol. The second-order valence-electron chi connectivity index (χ2n) is 18.3. The Kier molecular flexibility index (Phi) is 9.43. The van der Waals surface area contributed by atoms with Crippen LogP contribution >= 0.6 is 0 Å². The summed E-state index contributed by atoms with van der Waals surface area (Å²) >= 11 is 0. The van der Waals surface area contributed by atoms with E-state index in [0.29, 0.717) is 35.5 Å². The van der Waals surface area contributed by atoms with Gasteiger partial charge in [0.15, 0.2) is 0 Å². The Morgan fingerprint density at radius 3 is 1.20 bits per heavy atom. The molecule has 0 saturated heterocycles. The fourth-order valence-corrected chi connectivity index (χ4v) is 12.1. The molecule has 4 fully saturated rings. The third-order valence-electron chi connectivity index (χ3n) is 14.1. The van der Waals surface area contributed by atoms with Crippen LogP contribution in [0.1, 0.15) is 110 Å². The molecule has 2 nitrogen and oxygen atoms in total. The zero-order valence-electron chi connectivity index (χ0n) is 30.2. The van der Waals surface area contributed by atoms with E-state index < -0.39 is 0 Å². The summed E-state index contributed by atoms with van der Waals surface area (Å²) in [6.07, 6.45) is 7.34. The van der Waals surface area contributed by atoms with Crippen LogP contribution in [0.5, 0.6) is 0 Å². The Bertz CT molecular complexity index is 1140. The smallest absolute Gasteiger partial charge is 0.0675 e. The summed E-state index contributed by atoms with van der Waals surface area (Å²) in [6, 6.07) is 22.9. The van der Waals surface area contributed by atoms with Crippen LogP contribution in [0.25, 0.3) is 0 Å². The van der Waals surface area contributed by atoms with E-state index in [1.165, 1.54) is 43.2 Å². The second-order valence-corrected chi connectivity index (χ2v) is 18.3. The summed E-state index contributed by atoms with van der Waals surface area (Å²) in [5, 5.41) is 0. The maximum absolute atomic E-state index is 6.50. The van der Waals surface area contributed by atoms with Crippen molar-refractivity contribution in [2.75, 3.05) is 14.2 Å². The fraction of sp³-hybridized carbons (Fsp3) is 0.721. The van der Waals surface area contributed by atoms with Gasteiger partial charge in [-0.25, -0.2) is 0 Å². The second kappa shape index (κ2) is 12.8. The van der Waals surface area contributed by atoms with Crippen LogP contribution in [-0.4, -0.2) is 26.4 Å². The molecule has 14 atom stereocenters. The molecule has 4 aliphatic rings. The van der Waals surface area contributed by atoms with Crippen molar-refractivity contribution >= 4 is 0 Å². The molecule has 2 aromatic rings. The number of rotatable bonds is 6. The standard InChI is InChI=1S/C43H64O2/c1-26-21-34-32(24-36(42(3,4)5)40(44-9)38(34)28-17-13-11-14-18-28)30(26)23-31-27(2)22-35-33(31)25-37(43(6,7)8)41(45-10)39(35)29-19-15-12-16-20-29/h11-20,26-27,30-41H,21-25H2,1-10H3. The Balaban J connectivity index is 1.34. The lowest BCUT2D eigenvalue weighted by Gasteiger charge is -2.51. The van der Waals surface area contributed by atoms with E-state index in [9.17, 15) is 0 Å². The van der Waals surface area contributed by atoms with Crippen LogP contribution in [0.15, 0.2) is 60.7 Å². The predicted octanol–water partition coefficient (Wildman–Crippen LogP) is 10.9. The van der Waals surface area contributed by atoms with Crippen LogP contribution < -0.4 is 0 Å². The van der Waals surface area contributed by atoms with Gasteiger partial charge in [-0.2, -0.15) is 0 Å². The molecular weight excluding hydrogens is 548 g/mol. The first kappa shape index (κ1) is 33.3. The maximum Gasteiger partial charge on any atom is 0.0675 e. The third-order valence-corrected chi connectivity index (χ3v) is 14.1. The zero-order chi connectivity index (χ0) is 32.3. The highest BCUT2D eigenvalue weighted by molar-refractivity contribution is 5.27. The topological polar surface area (TPSA) is 18.5 Å². The maximum atomic E-state index is 6.50. The van der Waals surface area contributed by atoms with Crippen LogP contribution in [0.3, 0.4) is 0 Å². The number of fused-ring (bicyclic) bond motifs is 2. The minimum atomic E-state index is 0.224. The molecule has 0 spiro atoms. The molecule has 4 aliphatic carbocycles. The number of ether oxygens (including phenoxy) is 2. The summed E-state index contributed by atoms with van der Waals surface area (Å²) in [6.45, 7) is 20.0. The monoisotopic (exact) mass is 612 g/mol. The zero-order valence-corrected chi connectivity index (χ0v) is 30.2. The molecule has 0 bridgehead atoms. The third kappa shape index (κ3) is 6.10. The quantitative estimate of drug-likeness (QED) is 0.323. The molecule has 0 aromatic heterocycles. The van der Waals surface area contributed by atoms with Gasteiger partial charge in [-0.3, -0.25) is 0 Å². The molecule has 2 heteroatoms. The minimum absolute atomic E-state index is 0.224. The van der Waals surface area contributed by atoms with E-state index >= 15 is 0 Å². The normalized spacial score (nSPS) is 41.9. The molecule has 2 aromatic carbocycles. The van der Waals surface area contributed by atoms with Gasteiger partial charge in [0.1, 0.15) is 0 Å². The highest BCUT2D eigenvalue weighted by atomic mass is 16.5. The number of hydrogen-bond donors (Lipinski definition) is 0. The minimum Gasteiger partial charge on any atom is -0.381 e. The van der Waals surface area contributed by atoms with Gasteiger partial charge in [-0.15, -0.1) is 0 Å². The Morgan fingerprint density at radius 1 is 0.533 bits per heavy atom. The van der Waals surface area contributed by atoms with Gasteiger partial charge >= 0.3 is 0 Å². The van der Waals surface area contributed by atoms with Gasteiger partial charge in [-0.05, 0) is 113 Å². The van der Waals surface area contributed by atoms with Crippen LogP contribution in [0, 0.1) is 70.0 Å². The lowest BCUT2D eigenvalue weighted by atomic mass is 9.56. The fourth-order valence-electron chi connectivity index (χ4n) is 12.1. The van der Waals surface area contributed by atoms with Gasteiger partial charge in [0, 0.05) is 26.1 Å². The van der Waals surface area contributed by atoms with Gasteiger partial charge in [0.2, 0.25) is 0 Å². The van der Waals surface area contributed by atoms with Gasteiger partial charge in [0.25, 0.3) is 0 Å². The van der Waals surface area contributed by atoms with Gasteiger partial charge < -0.3 is 9.47 Å². The van der Waals surface area contributed by atoms with Crippen LogP contribution in [0.4, 0.5) is 0 Å². The molecular formula is C43H64O2. The molecule has 0 heterocycles. The van der Waals surface area contributed by atoms with Crippen molar-refractivity contribution < 1.29 is 9.47 Å². The van der Waals surface area contributed by atoms with E-state index in [-0.39, 0.29) is 23.0 Å². The molecule has 0 N–H and O–H groups in total. The van der Waals surface area contributed by atoms with E-state index in [2.05, 4.69) is 116 Å². The first-order chi connectivity index (χ1) is 21.3. The average molecular weight is 613 g/mol. The van der Waals surface area contributed by atoms with Crippen LogP contribution in [0.2, 0.25) is 0 Å². The van der Waals surface area contributed by atoms with E-state index in [1.54, 1.807) is 0 Å². The van der Waals surface area contributed by atoms with Crippen molar-refractivity contribution in [1.82, 2.24) is 0 Å². The Labute approximate surface area is 276 Å². The van der Waals surface area contributed by atoms with E-state index in [1.807, 2.05) is 14.2 Å². The summed E-state index contributed by atoms with van der Waals surface area (Å²) in [7, 11) is 3.97. The molecule has 0 aliphatic heterocycles. The summed E-state index contributed by atoms with van der Waals surface area (Å²) in [4.78, 5) is 0. The van der Waals surface area contributed by atoms with Gasteiger partial charge in [0.05, 0.1) is 12.2 Å². The largest absolute Gasteiger partial charge is 0.381 e. The van der Waals surface area contributed by atoms with Crippen molar-refractivity contribution in [3.8, 4) is 0 Å². The highest BCUT2D eigenvalue weighted by Gasteiger charge is 2.58. The lowest BCUT2D eigenvalue weighted by molar-refractivity contribution is -0.0815. The number of methoxy groups -OCH3 is 2. The summed E-state index contributed by atoms with van der Waals surface area (Å²) in [5.74, 6) is 8.27. The lowest BCUT2D eigenvalue weighted by Crippen LogP contribution is -2.48. The first-order valence-electron chi connectivity index (χ1n) is 18.5. The molecule has 6 rings (SSSR count). The van der Waals surface area contributed by atoms with E-state index in [4.69, 9.17) is 9.47 Å². The average Bonchev–Trinajstić information content (AvgIpc) is 3.49. The summed E-state index contributed by atoms with van der Waals surface area (Å²) < 4.78 is 13.0. The van der Waals surface area contributed by atoms with Gasteiger partial charge in [-0.1, -0.05) is 116 Å². The van der Waals surface area contributed by atoms with Crippen molar-refractivity contribution in [3.05, 3.63) is 71.8 Å². The van der Waals surface area contributed by atoms with Crippen molar-refractivity contribution in [1.29, 1.82) is 0 Å². The van der Waals surface area contributed by atoms with Crippen molar-refractivity contribution in [2.45, 2.75) is 112 Å². The van der Waals surface area contributed by atoms with E-state index in [0.717, 1.165) is 35.5 Å².